The topological polar surface area (TPSA) is 101 Å². The fourth-order valence-corrected chi connectivity index (χ4v) is 2.05. The molecule has 0 fully saturated rings. The van der Waals surface area contributed by atoms with Crippen LogP contribution >= 0.6 is 0 Å². The molecule has 0 spiro atoms. The van der Waals surface area contributed by atoms with Gasteiger partial charge in [-0.1, -0.05) is 19.9 Å². The van der Waals surface area contributed by atoms with Crippen molar-refractivity contribution in [3.63, 3.8) is 0 Å². The lowest BCUT2D eigenvalue weighted by Crippen LogP contribution is -2.41. The fraction of sp³-hybridized carbons (Fsp3) is 0.429. The first-order valence-electron chi connectivity index (χ1n) is 6.49. The first kappa shape index (κ1) is 16.6. The lowest BCUT2D eigenvalue weighted by Gasteiger charge is -2.26. The normalized spacial score (nSPS) is 12.0. The van der Waals surface area contributed by atoms with E-state index in [0.717, 1.165) is 4.90 Å². The molecule has 1 atom stereocenters. The number of nitrogens with zero attached hydrogens (tertiary/aromatic N) is 2. The van der Waals surface area contributed by atoms with Crippen molar-refractivity contribution >= 4 is 23.8 Å². The minimum Gasteiger partial charge on any atom is -0.480 e. The summed E-state index contributed by atoms with van der Waals surface area (Å²) in [5.41, 5.74) is 0.508. The first-order valence-corrected chi connectivity index (χ1v) is 6.49. The van der Waals surface area contributed by atoms with Crippen molar-refractivity contribution in [1.29, 1.82) is 0 Å². The van der Waals surface area contributed by atoms with Crippen LogP contribution in [0.25, 0.3) is 0 Å². The molecule has 0 aliphatic heterocycles. The molecule has 0 saturated heterocycles. The van der Waals surface area contributed by atoms with Gasteiger partial charge in [0.1, 0.15) is 6.04 Å². The van der Waals surface area contributed by atoms with Crippen LogP contribution in [0.2, 0.25) is 0 Å². The van der Waals surface area contributed by atoms with Crippen LogP contribution in [0.3, 0.4) is 0 Å². The van der Waals surface area contributed by atoms with Crippen molar-refractivity contribution in [2.24, 2.45) is 5.92 Å². The summed E-state index contributed by atoms with van der Waals surface area (Å²) in [7, 11) is 0. The SMILES string of the molecule is Cc1ccc(N(C=O)C(CC(C)C)C(=O)O)cc1[N+](=O)[O-]. The van der Waals surface area contributed by atoms with Gasteiger partial charge in [0.15, 0.2) is 0 Å². The molecular weight excluding hydrogens is 276 g/mol. The lowest BCUT2D eigenvalue weighted by atomic mass is 10.0. The van der Waals surface area contributed by atoms with Crippen LogP contribution in [0.1, 0.15) is 25.8 Å². The largest absolute Gasteiger partial charge is 0.480 e. The number of nitro benzene ring substituents is 1. The third-order valence-electron chi connectivity index (χ3n) is 3.12. The van der Waals surface area contributed by atoms with Crippen LogP contribution in [0.15, 0.2) is 18.2 Å². The molecule has 1 rings (SSSR count). The summed E-state index contributed by atoms with van der Waals surface area (Å²) in [6, 6.07) is 3.18. The van der Waals surface area contributed by atoms with Crippen LogP contribution < -0.4 is 4.90 Å². The molecule has 0 heterocycles. The molecule has 114 valence electrons. The summed E-state index contributed by atoms with van der Waals surface area (Å²) in [4.78, 5) is 34.1. The highest BCUT2D eigenvalue weighted by Gasteiger charge is 2.28. The average Bonchev–Trinajstić information content (AvgIpc) is 2.39. The average molecular weight is 294 g/mol. The zero-order valence-corrected chi connectivity index (χ0v) is 12.1. The maximum absolute atomic E-state index is 11.4. The summed E-state index contributed by atoms with van der Waals surface area (Å²) in [5.74, 6) is -1.08. The van der Waals surface area contributed by atoms with Gasteiger partial charge in [-0.05, 0) is 25.3 Å². The van der Waals surface area contributed by atoms with E-state index in [1.165, 1.54) is 18.2 Å². The van der Waals surface area contributed by atoms with E-state index >= 15 is 0 Å². The molecule has 1 aromatic rings. The summed E-state index contributed by atoms with van der Waals surface area (Å²) in [5, 5.41) is 20.2. The Labute approximate surface area is 122 Å². The van der Waals surface area contributed by atoms with Gasteiger partial charge >= 0.3 is 5.97 Å². The third kappa shape index (κ3) is 4.01. The number of carboxylic acid groups (broad SMARTS) is 1. The molecule has 1 amide bonds. The van der Waals surface area contributed by atoms with E-state index in [9.17, 15) is 24.8 Å². The number of anilines is 1. The molecule has 7 nitrogen and oxygen atoms in total. The highest BCUT2D eigenvalue weighted by Crippen LogP contribution is 2.27. The van der Waals surface area contributed by atoms with Gasteiger partial charge < -0.3 is 10.0 Å². The van der Waals surface area contributed by atoms with Crippen LogP contribution in [0.5, 0.6) is 0 Å². The summed E-state index contributed by atoms with van der Waals surface area (Å²) in [6.07, 6.45) is 0.658. The summed E-state index contributed by atoms with van der Waals surface area (Å²) in [6.45, 7) is 5.27. The monoisotopic (exact) mass is 294 g/mol. The van der Waals surface area contributed by atoms with Crippen LogP contribution in [-0.2, 0) is 9.59 Å². The maximum atomic E-state index is 11.4. The highest BCUT2D eigenvalue weighted by molar-refractivity contribution is 5.88. The van der Waals surface area contributed by atoms with Gasteiger partial charge in [0.2, 0.25) is 6.41 Å². The van der Waals surface area contributed by atoms with Gasteiger partial charge in [-0.15, -0.1) is 0 Å². The number of hydrogen-bond donors (Lipinski definition) is 1. The Balaban J connectivity index is 3.25. The number of carbonyl (C=O) groups is 2. The van der Waals surface area contributed by atoms with Gasteiger partial charge in [-0.2, -0.15) is 0 Å². The van der Waals surface area contributed by atoms with E-state index in [2.05, 4.69) is 0 Å². The van der Waals surface area contributed by atoms with Crippen molar-refractivity contribution in [1.82, 2.24) is 0 Å². The molecule has 0 radical (unpaired) electrons. The predicted molar refractivity (Wildman–Crippen MR) is 77.3 cm³/mol. The lowest BCUT2D eigenvalue weighted by molar-refractivity contribution is -0.385. The molecule has 1 N–H and O–H groups in total. The minimum atomic E-state index is -1.14. The quantitative estimate of drug-likeness (QED) is 0.472. The second-order valence-electron chi connectivity index (χ2n) is 5.22. The Bertz CT molecular complexity index is 556. The van der Waals surface area contributed by atoms with E-state index in [0.29, 0.717) is 12.0 Å². The standard InChI is InChI=1S/C14H18N2O5/c1-9(2)6-13(14(18)19)15(8-17)11-5-4-10(3)12(7-11)16(20)21/h4-5,7-9,13H,6H2,1-3H3,(H,18,19). The molecular formula is C14H18N2O5. The van der Waals surface area contributed by atoms with E-state index in [-0.39, 0.29) is 23.7 Å². The molecule has 1 aromatic carbocycles. The van der Waals surface area contributed by atoms with Crippen molar-refractivity contribution in [3.05, 3.63) is 33.9 Å². The van der Waals surface area contributed by atoms with Gasteiger partial charge in [-0.25, -0.2) is 4.79 Å². The second kappa shape index (κ2) is 6.83. The van der Waals surface area contributed by atoms with Gasteiger partial charge in [0.25, 0.3) is 5.69 Å². The fourth-order valence-electron chi connectivity index (χ4n) is 2.05. The van der Waals surface area contributed by atoms with Crippen LogP contribution in [-0.4, -0.2) is 28.5 Å². The smallest absolute Gasteiger partial charge is 0.326 e. The van der Waals surface area contributed by atoms with Gasteiger partial charge in [0.05, 0.1) is 10.6 Å². The highest BCUT2D eigenvalue weighted by atomic mass is 16.6. The molecule has 21 heavy (non-hydrogen) atoms. The second-order valence-corrected chi connectivity index (χ2v) is 5.22. The molecule has 0 saturated carbocycles. The Hall–Kier alpha value is -2.44. The number of aliphatic carboxylic acids is 1. The number of benzene rings is 1. The summed E-state index contributed by atoms with van der Waals surface area (Å²) < 4.78 is 0. The molecule has 7 heteroatoms. The van der Waals surface area contributed by atoms with Crippen LogP contribution in [0, 0.1) is 23.0 Å². The summed E-state index contributed by atoms with van der Waals surface area (Å²) >= 11 is 0. The molecule has 0 aromatic heterocycles. The Kier molecular flexibility index (Phi) is 5.40. The molecule has 0 aliphatic rings. The van der Waals surface area contributed by atoms with Crippen LogP contribution in [0.4, 0.5) is 11.4 Å². The molecule has 0 aliphatic carbocycles. The molecule has 1 unspecified atom stereocenters. The number of hydrogen-bond acceptors (Lipinski definition) is 4. The first-order chi connectivity index (χ1) is 9.77. The van der Waals surface area contributed by atoms with E-state index in [1.54, 1.807) is 6.92 Å². The van der Waals surface area contributed by atoms with Crippen molar-refractivity contribution in [2.75, 3.05) is 4.90 Å². The molecule has 0 bridgehead atoms. The Morgan fingerprint density at radius 3 is 2.52 bits per heavy atom. The predicted octanol–water partition coefficient (Wildman–Crippen LogP) is 2.37. The van der Waals surface area contributed by atoms with Crippen molar-refractivity contribution < 1.29 is 19.6 Å². The number of rotatable bonds is 7. The Morgan fingerprint density at radius 2 is 2.10 bits per heavy atom. The zero-order valence-electron chi connectivity index (χ0n) is 12.1. The minimum absolute atomic E-state index is 0.0639. The number of carboxylic acids is 1. The van der Waals surface area contributed by atoms with Gasteiger partial charge in [-0.3, -0.25) is 14.9 Å². The zero-order chi connectivity index (χ0) is 16.2. The number of nitro groups is 1. The van der Waals surface area contributed by atoms with Crippen molar-refractivity contribution in [2.45, 2.75) is 33.2 Å². The van der Waals surface area contributed by atoms with Gasteiger partial charge in [0, 0.05) is 11.6 Å². The third-order valence-corrected chi connectivity index (χ3v) is 3.12. The number of carbonyl (C=O) groups excluding carboxylic acids is 1. The number of aryl methyl sites for hydroxylation is 1. The van der Waals surface area contributed by atoms with E-state index in [4.69, 9.17) is 0 Å². The number of amides is 1. The van der Waals surface area contributed by atoms with Crippen molar-refractivity contribution in [3.8, 4) is 0 Å². The van der Waals surface area contributed by atoms with E-state index < -0.39 is 16.9 Å². The Morgan fingerprint density at radius 1 is 1.48 bits per heavy atom. The maximum Gasteiger partial charge on any atom is 0.326 e. The van der Waals surface area contributed by atoms with E-state index in [1.807, 2.05) is 13.8 Å².